The number of pyridine rings is 1. The van der Waals surface area contributed by atoms with Crippen molar-refractivity contribution in [3.8, 4) is 0 Å². The van der Waals surface area contributed by atoms with Crippen molar-refractivity contribution in [3.63, 3.8) is 0 Å². The SMILES string of the molecule is NCCn1c(Cc2ccc(F)cc2)nc2cc(Cl)cnc21. The molecule has 2 N–H and O–H groups in total. The molecule has 0 aliphatic carbocycles. The van der Waals surface area contributed by atoms with Crippen LogP contribution >= 0.6 is 11.6 Å². The molecular weight excluding hydrogens is 291 g/mol. The van der Waals surface area contributed by atoms with Crippen LogP contribution in [0.4, 0.5) is 4.39 Å². The summed E-state index contributed by atoms with van der Waals surface area (Å²) >= 11 is 5.96. The molecule has 0 atom stereocenters. The van der Waals surface area contributed by atoms with Crippen LogP contribution in [-0.4, -0.2) is 21.1 Å². The van der Waals surface area contributed by atoms with E-state index in [4.69, 9.17) is 17.3 Å². The van der Waals surface area contributed by atoms with E-state index in [1.54, 1.807) is 24.4 Å². The van der Waals surface area contributed by atoms with E-state index in [0.717, 1.165) is 22.6 Å². The summed E-state index contributed by atoms with van der Waals surface area (Å²) in [5, 5.41) is 0.549. The topological polar surface area (TPSA) is 56.7 Å². The first-order valence-electron chi connectivity index (χ1n) is 6.62. The number of nitrogens with two attached hydrogens (primary N) is 1. The van der Waals surface area contributed by atoms with Crippen LogP contribution in [0.25, 0.3) is 11.2 Å². The first-order valence-corrected chi connectivity index (χ1v) is 7.00. The molecule has 0 aliphatic rings. The van der Waals surface area contributed by atoms with Crippen LogP contribution < -0.4 is 5.73 Å². The summed E-state index contributed by atoms with van der Waals surface area (Å²) in [5.74, 6) is 0.597. The van der Waals surface area contributed by atoms with E-state index in [2.05, 4.69) is 9.97 Å². The largest absolute Gasteiger partial charge is 0.329 e. The standard InChI is InChI=1S/C15H14ClFN4/c16-11-8-13-15(19-9-11)21(6-5-18)14(20-13)7-10-1-3-12(17)4-2-10/h1-4,8-9H,5-7,18H2. The van der Waals surface area contributed by atoms with Gasteiger partial charge in [-0.1, -0.05) is 23.7 Å². The molecule has 3 rings (SSSR count). The minimum Gasteiger partial charge on any atom is -0.329 e. The lowest BCUT2D eigenvalue weighted by molar-refractivity contribution is 0.626. The second-order valence-corrected chi connectivity index (χ2v) is 5.20. The Morgan fingerprint density at radius 2 is 2.00 bits per heavy atom. The summed E-state index contributed by atoms with van der Waals surface area (Å²) in [5.41, 5.74) is 8.16. The zero-order valence-corrected chi connectivity index (χ0v) is 12.0. The molecule has 3 aromatic rings. The normalized spacial score (nSPS) is 11.2. The van der Waals surface area contributed by atoms with Crippen molar-refractivity contribution in [2.45, 2.75) is 13.0 Å². The van der Waals surface area contributed by atoms with Gasteiger partial charge in [-0.15, -0.1) is 0 Å². The Morgan fingerprint density at radius 1 is 1.24 bits per heavy atom. The Hall–Kier alpha value is -1.98. The van der Waals surface area contributed by atoms with Crippen LogP contribution in [0.15, 0.2) is 36.5 Å². The molecule has 108 valence electrons. The summed E-state index contributed by atoms with van der Waals surface area (Å²) in [6.45, 7) is 1.12. The molecule has 0 saturated heterocycles. The Kier molecular flexibility index (Phi) is 3.86. The smallest absolute Gasteiger partial charge is 0.160 e. The van der Waals surface area contributed by atoms with Crippen molar-refractivity contribution in [3.05, 3.63) is 58.8 Å². The van der Waals surface area contributed by atoms with Crippen molar-refractivity contribution in [2.24, 2.45) is 5.73 Å². The highest BCUT2D eigenvalue weighted by atomic mass is 35.5. The highest BCUT2D eigenvalue weighted by molar-refractivity contribution is 6.31. The number of hydrogen-bond donors (Lipinski definition) is 1. The third kappa shape index (κ3) is 2.89. The Labute approximate surface area is 126 Å². The highest BCUT2D eigenvalue weighted by Crippen LogP contribution is 2.20. The number of halogens is 2. The third-order valence-electron chi connectivity index (χ3n) is 3.26. The van der Waals surface area contributed by atoms with E-state index >= 15 is 0 Å². The predicted molar refractivity (Wildman–Crippen MR) is 80.8 cm³/mol. The van der Waals surface area contributed by atoms with E-state index in [0.29, 0.717) is 24.5 Å². The molecule has 0 amide bonds. The molecule has 2 aromatic heterocycles. The lowest BCUT2D eigenvalue weighted by Crippen LogP contribution is -2.13. The molecule has 0 bridgehead atoms. The van der Waals surface area contributed by atoms with Gasteiger partial charge in [-0.3, -0.25) is 0 Å². The van der Waals surface area contributed by atoms with Crippen LogP contribution in [0, 0.1) is 5.82 Å². The molecule has 0 radical (unpaired) electrons. The summed E-state index contributed by atoms with van der Waals surface area (Å²) in [6.07, 6.45) is 2.19. The quantitative estimate of drug-likeness (QED) is 0.806. The zero-order chi connectivity index (χ0) is 14.8. The first kappa shape index (κ1) is 14.0. The fraction of sp³-hybridized carbons (Fsp3) is 0.200. The molecule has 21 heavy (non-hydrogen) atoms. The molecule has 0 aliphatic heterocycles. The number of nitrogens with zero attached hydrogens (tertiary/aromatic N) is 3. The van der Waals surface area contributed by atoms with Crippen molar-refractivity contribution in [1.29, 1.82) is 0 Å². The maximum atomic E-state index is 13.0. The highest BCUT2D eigenvalue weighted by Gasteiger charge is 2.12. The van der Waals surface area contributed by atoms with Gasteiger partial charge in [-0.25, -0.2) is 14.4 Å². The minimum atomic E-state index is -0.248. The van der Waals surface area contributed by atoms with Crippen LogP contribution in [0.1, 0.15) is 11.4 Å². The molecule has 0 spiro atoms. The molecule has 4 nitrogen and oxygen atoms in total. The van der Waals surface area contributed by atoms with Crippen LogP contribution in [-0.2, 0) is 13.0 Å². The van der Waals surface area contributed by atoms with Crippen molar-refractivity contribution < 1.29 is 4.39 Å². The maximum Gasteiger partial charge on any atom is 0.160 e. The Morgan fingerprint density at radius 3 is 2.71 bits per heavy atom. The van der Waals surface area contributed by atoms with E-state index in [1.807, 2.05) is 4.57 Å². The minimum absolute atomic E-state index is 0.248. The summed E-state index contributed by atoms with van der Waals surface area (Å²) in [7, 11) is 0. The molecule has 1 aromatic carbocycles. The van der Waals surface area contributed by atoms with Gasteiger partial charge in [0.1, 0.15) is 17.2 Å². The molecule has 6 heteroatoms. The third-order valence-corrected chi connectivity index (χ3v) is 3.47. The van der Waals surface area contributed by atoms with Gasteiger partial charge in [-0.05, 0) is 23.8 Å². The number of rotatable bonds is 4. The van der Waals surface area contributed by atoms with Crippen molar-refractivity contribution in [1.82, 2.24) is 14.5 Å². The molecule has 0 unspecified atom stereocenters. The number of imidazole rings is 1. The van der Waals surface area contributed by atoms with Crippen LogP contribution in [0.3, 0.4) is 0 Å². The van der Waals surface area contributed by atoms with Crippen molar-refractivity contribution >= 4 is 22.8 Å². The molecular formula is C15H14ClFN4. The first-order chi connectivity index (χ1) is 10.2. The predicted octanol–water partition coefficient (Wildman–Crippen LogP) is 2.77. The average molecular weight is 305 g/mol. The monoisotopic (exact) mass is 304 g/mol. The van der Waals surface area contributed by atoms with Gasteiger partial charge in [0.15, 0.2) is 5.65 Å². The second kappa shape index (κ2) is 5.79. The Balaban J connectivity index is 2.03. The summed E-state index contributed by atoms with van der Waals surface area (Å²) in [6, 6.07) is 8.18. The van der Waals surface area contributed by atoms with Gasteiger partial charge in [0.25, 0.3) is 0 Å². The Bertz CT molecular complexity index is 767. The maximum absolute atomic E-state index is 13.0. The number of aromatic nitrogens is 3. The number of benzene rings is 1. The van der Waals surface area contributed by atoms with Gasteiger partial charge < -0.3 is 10.3 Å². The number of fused-ring (bicyclic) bond motifs is 1. The fourth-order valence-corrected chi connectivity index (χ4v) is 2.47. The van der Waals surface area contributed by atoms with Gasteiger partial charge in [-0.2, -0.15) is 0 Å². The lowest BCUT2D eigenvalue weighted by Gasteiger charge is -2.07. The average Bonchev–Trinajstić information content (AvgIpc) is 2.79. The number of hydrogen-bond acceptors (Lipinski definition) is 3. The van der Waals surface area contributed by atoms with Crippen LogP contribution in [0.2, 0.25) is 5.02 Å². The van der Waals surface area contributed by atoms with E-state index in [-0.39, 0.29) is 5.82 Å². The molecule has 0 saturated carbocycles. The second-order valence-electron chi connectivity index (χ2n) is 4.77. The van der Waals surface area contributed by atoms with Gasteiger partial charge in [0.05, 0.1) is 5.02 Å². The van der Waals surface area contributed by atoms with Gasteiger partial charge in [0, 0.05) is 25.7 Å². The van der Waals surface area contributed by atoms with E-state index < -0.39 is 0 Å². The fourth-order valence-electron chi connectivity index (χ4n) is 2.32. The van der Waals surface area contributed by atoms with E-state index in [1.165, 1.54) is 12.1 Å². The van der Waals surface area contributed by atoms with E-state index in [9.17, 15) is 4.39 Å². The lowest BCUT2D eigenvalue weighted by atomic mass is 10.1. The van der Waals surface area contributed by atoms with Crippen LogP contribution in [0.5, 0.6) is 0 Å². The van der Waals surface area contributed by atoms with Gasteiger partial charge >= 0.3 is 0 Å². The zero-order valence-electron chi connectivity index (χ0n) is 11.3. The van der Waals surface area contributed by atoms with Gasteiger partial charge in [0.2, 0.25) is 0 Å². The molecule has 0 fully saturated rings. The van der Waals surface area contributed by atoms with Crippen molar-refractivity contribution in [2.75, 3.05) is 6.54 Å². The molecule has 2 heterocycles. The summed E-state index contributed by atoms with van der Waals surface area (Å²) in [4.78, 5) is 8.91. The summed E-state index contributed by atoms with van der Waals surface area (Å²) < 4.78 is 15.0.